The summed E-state index contributed by atoms with van der Waals surface area (Å²) in [4.78, 5) is 16.1. The Morgan fingerprint density at radius 2 is 2.26 bits per heavy atom. The van der Waals surface area contributed by atoms with Crippen LogP contribution in [0.15, 0.2) is 22.8 Å². The van der Waals surface area contributed by atoms with Crippen LogP contribution in [0, 0.1) is 0 Å². The Bertz CT molecular complexity index is 646. The van der Waals surface area contributed by atoms with Crippen molar-refractivity contribution in [2.75, 3.05) is 13.7 Å². The molecule has 100 valence electrons. The Hall–Kier alpha value is -1.33. The van der Waals surface area contributed by atoms with Crippen LogP contribution < -0.4 is 10.1 Å². The smallest absolute Gasteiger partial charge is 0.254 e. The van der Waals surface area contributed by atoms with Gasteiger partial charge in [-0.15, -0.1) is 0 Å². The van der Waals surface area contributed by atoms with Gasteiger partial charge in [0, 0.05) is 24.2 Å². The average molecular weight is 344 g/mol. The largest absolute Gasteiger partial charge is 0.495 e. The van der Waals surface area contributed by atoms with Crippen molar-refractivity contribution in [2.45, 2.75) is 6.92 Å². The number of methoxy groups -OCH3 is 1. The third-order valence-corrected chi connectivity index (χ3v) is 3.68. The van der Waals surface area contributed by atoms with E-state index in [1.807, 2.05) is 6.92 Å². The lowest BCUT2D eigenvalue weighted by Crippen LogP contribution is -2.23. The summed E-state index contributed by atoms with van der Waals surface area (Å²) in [5, 5.41) is 3.80. The van der Waals surface area contributed by atoms with Crippen molar-refractivity contribution in [3.8, 4) is 5.75 Å². The highest BCUT2D eigenvalue weighted by Crippen LogP contribution is 2.34. The molecule has 0 saturated carbocycles. The van der Waals surface area contributed by atoms with Crippen LogP contribution >= 0.6 is 27.5 Å². The molecule has 1 heterocycles. The molecular weight excluding hydrogens is 332 g/mol. The first-order valence-corrected chi connectivity index (χ1v) is 6.85. The topological polar surface area (TPSA) is 51.2 Å². The molecule has 1 aromatic carbocycles. The number of pyridine rings is 1. The standard InChI is InChI=1S/C13H12BrClN2O2/c1-3-16-13(18)8-6-17-10-5-11(19-2)9(14)4-7(10)12(8)15/h4-6H,3H2,1-2H3,(H,16,18). The van der Waals surface area contributed by atoms with Crippen LogP contribution in [-0.2, 0) is 0 Å². The highest BCUT2D eigenvalue weighted by Gasteiger charge is 2.15. The Kier molecular flexibility index (Phi) is 4.27. The number of hydrogen-bond donors (Lipinski definition) is 1. The number of nitrogens with one attached hydrogen (secondary N) is 1. The molecule has 6 heteroatoms. The Balaban J connectivity index is 2.61. The number of benzene rings is 1. The minimum Gasteiger partial charge on any atom is -0.495 e. The molecule has 0 saturated heterocycles. The van der Waals surface area contributed by atoms with Crippen LogP contribution in [0.25, 0.3) is 10.9 Å². The maximum Gasteiger partial charge on any atom is 0.254 e. The fraction of sp³-hybridized carbons (Fsp3) is 0.231. The van der Waals surface area contributed by atoms with Gasteiger partial charge in [0.15, 0.2) is 0 Å². The van der Waals surface area contributed by atoms with Gasteiger partial charge in [0.2, 0.25) is 0 Å². The highest BCUT2D eigenvalue weighted by molar-refractivity contribution is 9.10. The van der Waals surface area contributed by atoms with Crippen molar-refractivity contribution in [3.63, 3.8) is 0 Å². The number of aromatic nitrogens is 1. The van der Waals surface area contributed by atoms with Crippen molar-refractivity contribution in [1.82, 2.24) is 10.3 Å². The number of halogens is 2. The second kappa shape index (κ2) is 5.75. The molecule has 0 atom stereocenters. The van der Waals surface area contributed by atoms with E-state index >= 15 is 0 Å². The predicted octanol–water partition coefficient (Wildman–Crippen LogP) is 3.41. The minimum atomic E-state index is -0.228. The van der Waals surface area contributed by atoms with Crippen LogP contribution in [-0.4, -0.2) is 24.5 Å². The summed E-state index contributed by atoms with van der Waals surface area (Å²) in [6.45, 7) is 2.39. The van der Waals surface area contributed by atoms with E-state index < -0.39 is 0 Å². The average Bonchev–Trinajstić information content (AvgIpc) is 2.39. The molecule has 0 fully saturated rings. The fourth-order valence-corrected chi connectivity index (χ4v) is 2.52. The van der Waals surface area contributed by atoms with E-state index in [0.29, 0.717) is 33.8 Å². The molecule has 2 rings (SSSR count). The second-order valence-electron chi connectivity index (χ2n) is 3.85. The molecule has 1 N–H and O–H groups in total. The van der Waals surface area contributed by atoms with Crippen LogP contribution in [0.2, 0.25) is 5.02 Å². The minimum absolute atomic E-state index is 0.228. The highest BCUT2D eigenvalue weighted by atomic mass is 79.9. The van der Waals surface area contributed by atoms with E-state index in [-0.39, 0.29) is 5.91 Å². The van der Waals surface area contributed by atoms with Gasteiger partial charge in [-0.2, -0.15) is 0 Å². The number of carbonyl (C=O) groups is 1. The molecule has 1 aromatic heterocycles. The fourth-order valence-electron chi connectivity index (χ4n) is 1.73. The van der Waals surface area contributed by atoms with E-state index in [1.165, 1.54) is 6.20 Å². The van der Waals surface area contributed by atoms with E-state index in [9.17, 15) is 4.79 Å². The number of nitrogens with zero attached hydrogens (tertiary/aromatic N) is 1. The molecular formula is C13H12BrClN2O2. The van der Waals surface area contributed by atoms with Crippen LogP contribution in [0.3, 0.4) is 0 Å². The van der Waals surface area contributed by atoms with Gasteiger partial charge in [-0.25, -0.2) is 0 Å². The maximum absolute atomic E-state index is 11.8. The number of carbonyl (C=O) groups excluding carboxylic acids is 1. The summed E-state index contributed by atoms with van der Waals surface area (Å²) < 4.78 is 5.96. The Morgan fingerprint density at radius 3 is 2.89 bits per heavy atom. The Morgan fingerprint density at radius 1 is 1.53 bits per heavy atom. The first kappa shape index (κ1) is 14.1. The molecule has 0 radical (unpaired) electrons. The van der Waals surface area contributed by atoms with Gasteiger partial charge in [-0.1, -0.05) is 11.6 Å². The molecule has 1 amide bonds. The maximum atomic E-state index is 11.8. The van der Waals surface area contributed by atoms with Gasteiger partial charge in [0.05, 0.1) is 27.7 Å². The normalized spacial score (nSPS) is 10.5. The molecule has 0 bridgehead atoms. The molecule has 0 aliphatic carbocycles. The van der Waals surface area contributed by atoms with Crippen LogP contribution in [0.1, 0.15) is 17.3 Å². The molecule has 0 spiro atoms. The van der Waals surface area contributed by atoms with E-state index in [0.717, 1.165) is 4.47 Å². The monoisotopic (exact) mass is 342 g/mol. The molecule has 0 aliphatic rings. The van der Waals surface area contributed by atoms with Gasteiger partial charge < -0.3 is 10.1 Å². The summed E-state index contributed by atoms with van der Waals surface area (Å²) in [6, 6.07) is 3.57. The molecule has 4 nitrogen and oxygen atoms in total. The molecule has 0 aliphatic heterocycles. The number of amides is 1. The molecule has 0 unspecified atom stereocenters. The van der Waals surface area contributed by atoms with Gasteiger partial charge in [-0.05, 0) is 28.9 Å². The van der Waals surface area contributed by atoms with Gasteiger partial charge in [0.25, 0.3) is 5.91 Å². The zero-order valence-corrected chi connectivity index (χ0v) is 12.8. The quantitative estimate of drug-likeness (QED) is 0.929. The SMILES string of the molecule is CCNC(=O)c1cnc2cc(OC)c(Br)cc2c1Cl. The zero-order valence-electron chi connectivity index (χ0n) is 10.5. The third-order valence-electron chi connectivity index (χ3n) is 2.66. The summed E-state index contributed by atoms with van der Waals surface area (Å²) in [5.41, 5.74) is 1.05. The van der Waals surface area contributed by atoms with Crippen molar-refractivity contribution in [3.05, 3.63) is 33.4 Å². The summed E-state index contributed by atoms with van der Waals surface area (Å²) in [6.07, 6.45) is 1.48. The third kappa shape index (κ3) is 2.67. The zero-order chi connectivity index (χ0) is 14.0. The number of ether oxygens (including phenoxy) is 1. The van der Waals surface area contributed by atoms with Gasteiger partial charge in [0.1, 0.15) is 5.75 Å². The van der Waals surface area contributed by atoms with Crippen molar-refractivity contribution in [1.29, 1.82) is 0 Å². The summed E-state index contributed by atoms with van der Waals surface area (Å²) >= 11 is 9.67. The van der Waals surface area contributed by atoms with Crippen LogP contribution in [0.5, 0.6) is 5.75 Å². The summed E-state index contributed by atoms with van der Waals surface area (Å²) in [5.74, 6) is 0.440. The summed E-state index contributed by atoms with van der Waals surface area (Å²) in [7, 11) is 1.58. The molecule has 19 heavy (non-hydrogen) atoms. The van der Waals surface area contributed by atoms with E-state index in [4.69, 9.17) is 16.3 Å². The second-order valence-corrected chi connectivity index (χ2v) is 5.08. The van der Waals surface area contributed by atoms with E-state index in [1.54, 1.807) is 19.2 Å². The van der Waals surface area contributed by atoms with Gasteiger partial charge in [-0.3, -0.25) is 9.78 Å². The lowest BCUT2D eigenvalue weighted by atomic mass is 10.1. The van der Waals surface area contributed by atoms with Crippen LogP contribution in [0.4, 0.5) is 0 Å². The lowest BCUT2D eigenvalue weighted by molar-refractivity contribution is 0.0956. The first-order chi connectivity index (χ1) is 9.08. The lowest BCUT2D eigenvalue weighted by Gasteiger charge is -2.09. The van der Waals surface area contributed by atoms with Crippen molar-refractivity contribution in [2.24, 2.45) is 0 Å². The number of hydrogen-bond acceptors (Lipinski definition) is 3. The number of rotatable bonds is 3. The first-order valence-electron chi connectivity index (χ1n) is 5.68. The van der Waals surface area contributed by atoms with Gasteiger partial charge >= 0.3 is 0 Å². The van der Waals surface area contributed by atoms with Crippen molar-refractivity contribution >= 4 is 44.3 Å². The Labute approximate surface area is 124 Å². The van der Waals surface area contributed by atoms with Crippen molar-refractivity contribution < 1.29 is 9.53 Å². The number of fused-ring (bicyclic) bond motifs is 1. The van der Waals surface area contributed by atoms with E-state index in [2.05, 4.69) is 26.2 Å². The predicted molar refractivity (Wildman–Crippen MR) is 79.0 cm³/mol. The molecule has 2 aromatic rings.